The van der Waals surface area contributed by atoms with Gasteiger partial charge in [-0.15, -0.1) is 0 Å². The van der Waals surface area contributed by atoms with Gasteiger partial charge in [0.1, 0.15) is 5.75 Å². The average molecular weight is 437 g/mol. The van der Waals surface area contributed by atoms with E-state index in [2.05, 4.69) is 42.2 Å². The predicted molar refractivity (Wildman–Crippen MR) is 127 cm³/mol. The first-order valence-electron chi connectivity index (χ1n) is 11.9. The van der Waals surface area contributed by atoms with Gasteiger partial charge in [-0.2, -0.15) is 0 Å². The molecule has 1 atom stereocenters. The summed E-state index contributed by atoms with van der Waals surface area (Å²) in [5, 5.41) is 0. The average Bonchev–Trinajstić information content (AvgIpc) is 2.81. The van der Waals surface area contributed by atoms with Gasteiger partial charge in [0.2, 0.25) is 0 Å². The lowest BCUT2D eigenvalue weighted by atomic mass is 9.87. The Morgan fingerprint density at radius 2 is 1.88 bits per heavy atom. The molecular weight excluding hydrogens is 400 g/mol. The number of hydrogen-bond acceptors (Lipinski definition) is 4. The molecule has 2 heterocycles. The van der Waals surface area contributed by atoms with Crippen LogP contribution >= 0.6 is 0 Å². The van der Waals surface area contributed by atoms with Crippen molar-refractivity contribution in [2.75, 3.05) is 32.8 Å². The van der Waals surface area contributed by atoms with Crippen molar-refractivity contribution in [3.63, 3.8) is 0 Å². The fourth-order valence-corrected chi connectivity index (χ4v) is 4.97. The smallest absolute Gasteiger partial charge is 0.253 e. The minimum absolute atomic E-state index is 0.101. The van der Waals surface area contributed by atoms with Crippen molar-refractivity contribution >= 4 is 5.91 Å². The van der Waals surface area contributed by atoms with Crippen LogP contribution in [0.1, 0.15) is 61.1 Å². The highest BCUT2D eigenvalue weighted by Crippen LogP contribution is 2.37. The molecule has 5 heteroatoms. The Morgan fingerprint density at radius 3 is 2.50 bits per heavy atom. The van der Waals surface area contributed by atoms with Gasteiger partial charge in [0.15, 0.2) is 0 Å². The van der Waals surface area contributed by atoms with Crippen LogP contribution in [0, 0.1) is 6.92 Å². The van der Waals surface area contributed by atoms with Crippen molar-refractivity contribution in [1.29, 1.82) is 0 Å². The second kappa shape index (κ2) is 9.63. The second-order valence-electron chi connectivity index (χ2n) is 9.42. The van der Waals surface area contributed by atoms with Crippen molar-refractivity contribution in [2.24, 2.45) is 0 Å². The molecule has 0 N–H and O–H groups in total. The summed E-state index contributed by atoms with van der Waals surface area (Å²) in [7, 11) is 0. The zero-order chi connectivity index (χ0) is 22.7. The number of rotatable bonds is 5. The molecule has 0 bridgehead atoms. The van der Waals surface area contributed by atoms with Gasteiger partial charge >= 0.3 is 0 Å². The van der Waals surface area contributed by atoms with E-state index in [0.717, 1.165) is 55.9 Å². The molecule has 32 heavy (non-hydrogen) atoms. The molecule has 2 aliphatic rings. The largest absolute Gasteiger partial charge is 0.491 e. The van der Waals surface area contributed by atoms with Crippen LogP contribution in [0.3, 0.4) is 0 Å². The Morgan fingerprint density at radius 1 is 1.16 bits per heavy atom. The van der Waals surface area contributed by atoms with Crippen LogP contribution in [0.15, 0.2) is 48.5 Å². The van der Waals surface area contributed by atoms with Crippen LogP contribution < -0.4 is 4.74 Å². The van der Waals surface area contributed by atoms with Crippen LogP contribution in [0.4, 0.5) is 0 Å². The van der Waals surface area contributed by atoms with E-state index in [9.17, 15) is 4.79 Å². The zero-order valence-corrected chi connectivity index (χ0v) is 19.8. The molecule has 0 radical (unpaired) electrons. The summed E-state index contributed by atoms with van der Waals surface area (Å²) in [5.74, 6) is 0.946. The number of ether oxygens (including phenoxy) is 2. The fraction of sp³-hybridized carbons (Fsp3) is 0.519. The number of benzene rings is 2. The first kappa shape index (κ1) is 22.8. The third kappa shape index (κ3) is 4.84. The van der Waals surface area contributed by atoms with E-state index >= 15 is 0 Å². The molecule has 2 aromatic rings. The molecule has 1 unspecified atom stereocenters. The maximum absolute atomic E-state index is 13.1. The number of amides is 1. The normalized spacial score (nSPS) is 21.2. The molecule has 2 aromatic carbocycles. The number of likely N-dealkylation sites (tertiary alicyclic amines) is 1. The molecule has 0 aliphatic carbocycles. The van der Waals surface area contributed by atoms with Gasteiger partial charge in [-0.25, -0.2) is 0 Å². The zero-order valence-electron chi connectivity index (χ0n) is 19.8. The minimum atomic E-state index is -0.150. The van der Waals surface area contributed by atoms with Gasteiger partial charge in [0.25, 0.3) is 5.91 Å². The molecule has 4 rings (SSSR count). The highest BCUT2D eigenvalue weighted by atomic mass is 16.5. The highest BCUT2D eigenvalue weighted by Gasteiger charge is 2.43. The SMILES string of the molecule is CCN1CC2(CCN(C(=O)c3ccc(OC(C)C)c(C)c3)CC2)OCC1c1ccccc1. The monoisotopic (exact) mass is 436 g/mol. The van der Waals surface area contributed by atoms with Crippen molar-refractivity contribution in [3.05, 3.63) is 65.2 Å². The van der Waals surface area contributed by atoms with E-state index in [1.807, 2.05) is 43.9 Å². The van der Waals surface area contributed by atoms with Crippen molar-refractivity contribution in [1.82, 2.24) is 9.80 Å². The number of hydrogen-bond donors (Lipinski definition) is 0. The number of aryl methyl sites for hydroxylation is 1. The molecule has 1 amide bonds. The first-order chi connectivity index (χ1) is 15.4. The summed E-state index contributed by atoms with van der Waals surface area (Å²) in [4.78, 5) is 17.7. The Kier molecular flexibility index (Phi) is 6.87. The number of nitrogens with zero attached hydrogens (tertiary/aromatic N) is 2. The molecular formula is C27H36N2O3. The summed E-state index contributed by atoms with van der Waals surface area (Å²) in [5.41, 5.74) is 2.90. The summed E-state index contributed by atoms with van der Waals surface area (Å²) >= 11 is 0. The van der Waals surface area contributed by atoms with Crippen molar-refractivity contribution < 1.29 is 14.3 Å². The number of carbonyl (C=O) groups excluding carboxylic acids is 1. The topological polar surface area (TPSA) is 42.0 Å². The Hall–Kier alpha value is -2.37. The van der Waals surface area contributed by atoms with E-state index in [4.69, 9.17) is 9.47 Å². The summed E-state index contributed by atoms with van der Waals surface area (Å²) in [6.45, 7) is 12.3. The molecule has 0 aromatic heterocycles. The summed E-state index contributed by atoms with van der Waals surface area (Å²) < 4.78 is 12.3. The van der Waals surface area contributed by atoms with E-state index in [1.54, 1.807) is 0 Å². The Bertz CT molecular complexity index is 920. The highest BCUT2D eigenvalue weighted by molar-refractivity contribution is 5.94. The molecule has 2 fully saturated rings. The van der Waals surface area contributed by atoms with E-state index < -0.39 is 0 Å². The quantitative estimate of drug-likeness (QED) is 0.672. The first-order valence-corrected chi connectivity index (χ1v) is 11.9. The Balaban J connectivity index is 1.38. The Labute approximate surface area is 192 Å². The summed E-state index contributed by atoms with van der Waals surface area (Å²) in [6, 6.07) is 16.7. The maximum Gasteiger partial charge on any atom is 0.253 e. The third-order valence-corrected chi connectivity index (χ3v) is 6.82. The fourth-order valence-electron chi connectivity index (χ4n) is 4.97. The summed E-state index contributed by atoms with van der Waals surface area (Å²) in [6.07, 6.45) is 1.88. The number of likely N-dealkylation sites (N-methyl/N-ethyl adjacent to an activating group) is 1. The molecule has 172 valence electrons. The number of morpholine rings is 1. The van der Waals surface area contributed by atoms with E-state index in [-0.39, 0.29) is 17.6 Å². The van der Waals surface area contributed by atoms with E-state index in [0.29, 0.717) is 12.6 Å². The van der Waals surface area contributed by atoms with Gasteiger partial charge in [-0.3, -0.25) is 9.69 Å². The molecule has 0 saturated carbocycles. The van der Waals surface area contributed by atoms with E-state index in [1.165, 1.54) is 5.56 Å². The maximum atomic E-state index is 13.1. The second-order valence-corrected chi connectivity index (χ2v) is 9.42. The van der Waals surface area contributed by atoms with Gasteiger partial charge in [-0.05, 0) is 69.5 Å². The van der Waals surface area contributed by atoms with Crippen LogP contribution in [0.25, 0.3) is 0 Å². The minimum Gasteiger partial charge on any atom is -0.491 e. The van der Waals surface area contributed by atoms with Gasteiger partial charge in [0.05, 0.1) is 24.4 Å². The van der Waals surface area contributed by atoms with Gasteiger partial charge in [0, 0.05) is 25.2 Å². The lowest BCUT2D eigenvalue weighted by molar-refractivity contribution is -0.154. The van der Waals surface area contributed by atoms with Crippen molar-refractivity contribution in [3.8, 4) is 5.75 Å². The van der Waals surface area contributed by atoms with Gasteiger partial charge in [-0.1, -0.05) is 37.3 Å². The molecule has 1 spiro atoms. The lowest BCUT2D eigenvalue weighted by Gasteiger charge is -2.50. The standard InChI is InChI=1S/C27H36N2O3/c1-5-28-19-27(31-18-24(28)22-9-7-6-8-10-22)13-15-29(16-14-27)26(30)23-11-12-25(21(4)17-23)32-20(2)3/h6-12,17,20,24H,5,13-16,18-19H2,1-4H3. The lowest BCUT2D eigenvalue weighted by Crippen LogP contribution is -2.58. The van der Waals surface area contributed by atoms with Crippen LogP contribution in [0.5, 0.6) is 5.75 Å². The van der Waals surface area contributed by atoms with Crippen LogP contribution in [-0.4, -0.2) is 60.2 Å². The van der Waals surface area contributed by atoms with Gasteiger partial charge < -0.3 is 14.4 Å². The molecule has 5 nitrogen and oxygen atoms in total. The third-order valence-electron chi connectivity index (χ3n) is 6.82. The van der Waals surface area contributed by atoms with Crippen LogP contribution in [-0.2, 0) is 4.74 Å². The van der Waals surface area contributed by atoms with Crippen LogP contribution in [0.2, 0.25) is 0 Å². The number of carbonyl (C=O) groups is 1. The molecule has 2 saturated heterocycles. The molecule has 2 aliphatic heterocycles. The number of piperidine rings is 1. The van der Waals surface area contributed by atoms with Crippen molar-refractivity contribution in [2.45, 2.75) is 58.3 Å². The predicted octanol–water partition coefficient (Wildman–Crippen LogP) is 4.85.